The summed E-state index contributed by atoms with van der Waals surface area (Å²) >= 11 is 0. The normalized spacial score (nSPS) is 20.1. The molecule has 1 aliphatic heterocycles. The molecule has 0 aromatic carbocycles. The molecule has 1 atom stereocenters. The number of nitrogens with one attached hydrogen (secondary N) is 1. The minimum atomic E-state index is 0.321. The molecule has 19 heavy (non-hydrogen) atoms. The number of aromatic nitrogens is 1. The van der Waals surface area contributed by atoms with Crippen molar-refractivity contribution in [2.45, 2.75) is 65.6 Å². The van der Waals surface area contributed by atoms with Gasteiger partial charge in [0.15, 0.2) is 0 Å². The molecule has 1 aliphatic rings. The maximum atomic E-state index is 5.26. The molecule has 1 aromatic heterocycles. The van der Waals surface area contributed by atoms with E-state index < -0.39 is 0 Å². The summed E-state index contributed by atoms with van der Waals surface area (Å²) in [5.74, 6) is 0.942. The molecule has 2 rings (SSSR count). The van der Waals surface area contributed by atoms with E-state index in [2.05, 4.69) is 36.1 Å². The lowest BCUT2D eigenvalue weighted by molar-refractivity contribution is 0.157. The van der Waals surface area contributed by atoms with Gasteiger partial charge in [-0.1, -0.05) is 5.16 Å². The summed E-state index contributed by atoms with van der Waals surface area (Å²) in [6.45, 7) is 13.2. The Hall–Kier alpha value is -0.870. The second-order valence-corrected chi connectivity index (χ2v) is 6.03. The van der Waals surface area contributed by atoms with Gasteiger partial charge in [0, 0.05) is 23.7 Å². The lowest BCUT2D eigenvalue weighted by Crippen LogP contribution is -2.45. The van der Waals surface area contributed by atoms with E-state index in [4.69, 9.17) is 4.52 Å². The van der Waals surface area contributed by atoms with Crippen LogP contribution in [0, 0.1) is 13.8 Å². The molecule has 0 aliphatic carbocycles. The predicted molar refractivity (Wildman–Crippen MR) is 77.3 cm³/mol. The van der Waals surface area contributed by atoms with Gasteiger partial charge in [0.25, 0.3) is 0 Å². The number of hydrogen-bond acceptors (Lipinski definition) is 4. The number of likely N-dealkylation sites (tertiary alicyclic amines) is 1. The molecule has 1 unspecified atom stereocenters. The minimum absolute atomic E-state index is 0.321. The highest BCUT2D eigenvalue weighted by Crippen LogP contribution is 2.23. The molecule has 0 bridgehead atoms. The van der Waals surface area contributed by atoms with E-state index in [9.17, 15) is 0 Å². The predicted octanol–water partition coefficient (Wildman–Crippen LogP) is 2.81. The molecule has 1 N–H and O–H groups in total. The quantitative estimate of drug-likeness (QED) is 0.909. The molecule has 1 aromatic rings. The van der Waals surface area contributed by atoms with Crippen molar-refractivity contribution in [3.05, 3.63) is 17.0 Å². The lowest BCUT2D eigenvalue weighted by atomic mass is 10.00. The third-order valence-corrected chi connectivity index (χ3v) is 4.27. The van der Waals surface area contributed by atoms with Crippen LogP contribution in [0.3, 0.4) is 0 Å². The monoisotopic (exact) mass is 265 g/mol. The SMILES string of the molecule is Cc1noc(C)c1C(C)NC1CCN(C(C)C)CC1. The molecule has 1 fully saturated rings. The Labute approximate surface area is 116 Å². The Morgan fingerprint density at radius 2 is 1.84 bits per heavy atom. The highest BCUT2D eigenvalue weighted by Gasteiger charge is 2.24. The van der Waals surface area contributed by atoms with Crippen LogP contribution in [-0.4, -0.2) is 35.2 Å². The van der Waals surface area contributed by atoms with Crippen molar-refractivity contribution >= 4 is 0 Å². The zero-order valence-electron chi connectivity index (χ0n) is 12.9. The van der Waals surface area contributed by atoms with E-state index in [1.54, 1.807) is 0 Å². The van der Waals surface area contributed by atoms with Gasteiger partial charge in [0.2, 0.25) is 0 Å². The maximum absolute atomic E-state index is 5.26. The average molecular weight is 265 g/mol. The molecular weight excluding hydrogens is 238 g/mol. The zero-order valence-corrected chi connectivity index (χ0v) is 12.9. The fourth-order valence-electron chi connectivity index (χ4n) is 3.13. The fourth-order valence-corrected chi connectivity index (χ4v) is 3.13. The van der Waals surface area contributed by atoms with Gasteiger partial charge in [0.1, 0.15) is 5.76 Å². The topological polar surface area (TPSA) is 41.3 Å². The van der Waals surface area contributed by atoms with Crippen LogP contribution in [0.15, 0.2) is 4.52 Å². The van der Waals surface area contributed by atoms with E-state index >= 15 is 0 Å². The zero-order chi connectivity index (χ0) is 14.0. The first-order chi connectivity index (χ1) is 8.99. The van der Waals surface area contributed by atoms with E-state index in [-0.39, 0.29) is 0 Å². The van der Waals surface area contributed by atoms with Crippen LogP contribution >= 0.6 is 0 Å². The van der Waals surface area contributed by atoms with Gasteiger partial charge >= 0.3 is 0 Å². The Morgan fingerprint density at radius 3 is 2.32 bits per heavy atom. The van der Waals surface area contributed by atoms with Crippen molar-refractivity contribution in [1.82, 2.24) is 15.4 Å². The van der Waals surface area contributed by atoms with Crippen molar-refractivity contribution in [1.29, 1.82) is 0 Å². The number of nitrogens with zero attached hydrogens (tertiary/aromatic N) is 2. The third-order valence-electron chi connectivity index (χ3n) is 4.27. The Kier molecular flexibility index (Phi) is 4.63. The first kappa shape index (κ1) is 14.5. The average Bonchev–Trinajstić information content (AvgIpc) is 2.69. The van der Waals surface area contributed by atoms with Crippen molar-refractivity contribution in [3.63, 3.8) is 0 Å². The molecular formula is C15H27N3O. The second-order valence-electron chi connectivity index (χ2n) is 6.03. The molecule has 0 amide bonds. The van der Waals surface area contributed by atoms with Gasteiger partial charge in [-0.15, -0.1) is 0 Å². The number of aryl methyl sites for hydroxylation is 2. The van der Waals surface area contributed by atoms with E-state index in [1.165, 1.54) is 31.5 Å². The minimum Gasteiger partial charge on any atom is -0.361 e. The van der Waals surface area contributed by atoms with E-state index in [1.807, 2.05) is 13.8 Å². The Morgan fingerprint density at radius 1 is 1.21 bits per heavy atom. The summed E-state index contributed by atoms with van der Waals surface area (Å²) in [6, 6.07) is 1.60. The first-order valence-electron chi connectivity index (χ1n) is 7.42. The second kappa shape index (κ2) is 6.06. The summed E-state index contributed by atoms with van der Waals surface area (Å²) in [6.07, 6.45) is 2.46. The standard InChI is InChI=1S/C15H27N3O/c1-10(2)18-8-6-14(7-9-18)16-11(3)15-12(4)17-19-13(15)5/h10-11,14,16H,6-9H2,1-5H3. The molecule has 1 saturated heterocycles. The first-order valence-corrected chi connectivity index (χ1v) is 7.42. The van der Waals surface area contributed by atoms with Crippen LogP contribution in [0.25, 0.3) is 0 Å². The summed E-state index contributed by atoms with van der Waals surface area (Å²) in [5.41, 5.74) is 2.24. The summed E-state index contributed by atoms with van der Waals surface area (Å²) < 4.78 is 5.26. The van der Waals surface area contributed by atoms with Crippen LogP contribution < -0.4 is 5.32 Å². The van der Waals surface area contributed by atoms with Gasteiger partial charge in [-0.25, -0.2) is 0 Å². The van der Waals surface area contributed by atoms with Gasteiger partial charge < -0.3 is 14.7 Å². The highest BCUT2D eigenvalue weighted by molar-refractivity contribution is 5.24. The van der Waals surface area contributed by atoms with E-state index in [0.717, 1.165) is 11.5 Å². The molecule has 4 heteroatoms. The smallest absolute Gasteiger partial charge is 0.138 e. The maximum Gasteiger partial charge on any atom is 0.138 e. The van der Waals surface area contributed by atoms with Crippen LogP contribution in [0.2, 0.25) is 0 Å². The van der Waals surface area contributed by atoms with Crippen LogP contribution in [-0.2, 0) is 0 Å². The summed E-state index contributed by atoms with van der Waals surface area (Å²) in [7, 11) is 0. The molecule has 108 valence electrons. The summed E-state index contributed by atoms with van der Waals surface area (Å²) in [5, 5.41) is 7.78. The van der Waals surface area contributed by atoms with E-state index in [0.29, 0.717) is 18.1 Å². The van der Waals surface area contributed by atoms with Gasteiger partial charge in [-0.05, 0) is 60.5 Å². The highest BCUT2D eigenvalue weighted by atomic mass is 16.5. The van der Waals surface area contributed by atoms with Crippen molar-refractivity contribution in [3.8, 4) is 0 Å². The van der Waals surface area contributed by atoms with Crippen molar-refractivity contribution in [2.24, 2.45) is 0 Å². The van der Waals surface area contributed by atoms with Gasteiger partial charge in [-0.3, -0.25) is 0 Å². The number of hydrogen-bond donors (Lipinski definition) is 1. The molecule has 0 saturated carbocycles. The molecule has 2 heterocycles. The largest absolute Gasteiger partial charge is 0.361 e. The van der Waals surface area contributed by atoms with Crippen LogP contribution in [0.1, 0.15) is 56.7 Å². The lowest BCUT2D eigenvalue weighted by Gasteiger charge is -2.36. The van der Waals surface area contributed by atoms with Crippen LogP contribution in [0.5, 0.6) is 0 Å². The Bertz CT molecular complexity index is 386. The molecule has 0 radical (unpaired) electrons. The van der Waals surface area contributed by atoms with Gasteiger partial charge in [0.05, 0.1) is 5.69 Å². The van der Waals surface area contributed by atoms with Crippen molar-refractivity contribution in [2.75, 3.05) is 13.1 Å². The van der Waals surface area contributed by atoms with Gasteiger partial charge in [-0.2, -0.15) is 0 Å². The number of piperidine rings is 1. The van der Waals surface area contributed by atoms with Crippen molar-refractivity contribution < 1.29 is 4.52 Å². The molecule has 4 nitrogen and oxygen atoms in total. The summed E-state index contributed by atoms with van der Waals surface area (Å²) in [4.78, 5) is 2.55. The Balaban J connectivity index is 1.89. The number of rotatable bonds is 4. The fraction of sp³-hybridized carbons (Fsp3) is 0.800. The van der Waals surface area contributed by atoms with Crippen LogP contribution in [0.4, 0.5) is 0 Å². The molecule has 0 spiro atoms. The third kappa shape index (κ3) is 3.37.